The van der Waals surface area contributed by atoms with Crippen LogP contribution < -0.4 is 15.1 Å². The number of nitrogens with zero attached hydrogens (tertiary/aromatic N) is 3. The van der Waals surface area contributed by atoms with Gasteiger partial charge in [-0.25, -0.2) is 0 Å². The summed E-state index contributed by atoms with van der Waals surface area (Å²) in [5.74, 6) is 0.359. The Labute approximate surface area is 225 Å². The van der Waals surface area contributed by atoms with Crippen molar-refractivity contribution in [2.24, 2.45) is 0 Å². The molecule has 0 radical (unpaired) electrons. The van der Waals surface area contributed by atoms with Crippen molar-refractivity contribution in [2.75, 3.05) is 12.0 Å². The van der Waals surface area contributed by atoms with E-state index in [2.05, 4.69) is 34.5 Å². The summed E-state index contributed by atoms with van der Waals surface area (Å²) in [5, 5.41) is 19.5. The van der Waals surface area contributed by atoms with Crippen molar-refractivity contribution in [1.29, 1.82) is 0 Å². The molecule has 8 nitrogen and oxygen atoms in total. The van der Waals surface area contributed by atoms with E-state index in [1.807, 2.05) is 6.92 Å². The minimum absolute atomic E-state index is 0.0326. The molecule has 1 amide bonds. The Bertz CT molecular complexity index is 1750. The first-order valence-corrected chi connectivity index (χ1v) is 13.5. The third-order valence-corrected chi connectivity index (χ3v) is 8.51. The number of aromatic hydroxyl groups is 1. The number of benzene rings is 3. The molecule has 1 atom stereocenters. The van der Waals surface area contributed by atoms with Gasteiger partial charge in [0, 0.05) is 5.75 Å². The molecule has 5 aromatic rings. The fourth-order valence-corrected chi connectivity index (χ4v) is 6.31. The topological polar surface area (TPSA) is 106 Å². The number of carbonyl (C=O) groups excluding carboxylic acids is 1. The van der Waals surface area contributed by atoms with Crippen LogP contribution in [0.15, 0.2) is 80.3 Å². The van der Waals surface area contributed by atoms with Gasteiger partial charge in [0.15, 0.2) is 21.3 Å². The Kier molecular flexibility index (Phi) is 6.13. The van der Waals surface area contributed by atoms with Crippen molar-refractivity contribution in [1.82, 2.24) is 10.2 Å². The maximum absolute atomic E-state index is 13.8. The highest BCUT2D eigenvalue weighted by molar-refractivity contribution is 8.00. The van der Waals surface area contributed by atoms with Gasteiger partial charge in [-0.2, -0.15) is 0 Å². The average Bonchev–Trinajstić information content (AvgIpc) is 3.51. The lowest BCUT2D eigenvalue weighted by atomic mass is 9.98. The number of fused-ring (bicyclic) bond motifs is 2. The number of rotatable bonds is 6. The van der Waals surface area contributed by atoms with Crippen LogP contribution in [0.3, 0.4) is 0 Å². The predicted molar refractivity (Wildman–Crippen MR) is 146 cm³/mol. The van der Waals surface area contributed by atoms with Gasteiger partial charge in [-0.15, -0.1) is 10.2 Å². The number of methoxy groups -OCH3 is 1. The summed E-state index contributed by atoms with van der Waals surface area (Å²) >= 11 is 2.79. The number of phenols is 1. The molecule has 0 saturated heterocycles. The summed E-state index contributed by atoms with van der Waals surface area (Å²) in [4.78, 5) is 28.9. The highest BCUT2D eigenvalue weighted by Crippen LogP contribution is 2.44. The van der Waals surface area contributed by atoms with Crippen molar-refractivity contribution in [3.8, 4) is 11.5 Å². The van der Waals surface area contributed by atoms with Crippen molar-refractivity contribution < 1.29 is 19.1 Å². The predicted octanol–water partition coefficient (Wildman–Crippen LogP) is 5.71. The number of hydrogen-bond donors (Lipinski definition) is 1. The van der Waals surface area contributed by atoms with Gasteiger partial charge < -0.3 is 14.3 Å². The average molecular weight is 544 g/mol. The molecule has 2 aromatic heterocycles. The second kappa shape index (κ2) is 9.62. The van der Waals surface area contributed by atoms with Gasteiger partial charge >= 0.3 is 0 Å². The lowest BCUT2D eigenvalue weighted by Crippen LogP contribution is -2.29. The Morgan fingerprint density at radius 2 is 1.87 bits per heavy atom. The van der Waals surface area contributed by atoms with Crippen LogP contribution in [0.2, 0.25) is 0 Å². The molecule has 190 valence electrons. The molecule has 1 aliphatic heterocycles. The maximum atomic E-state index is 13.8. The molecule has 0 aliphatic carbocycles. The molecular formula is C28H21N3O5S2. The van der Waals surface area contributed by atoms with Gasteiger partial charge in [0.05, 0.1) is 24.1 Å². The summed E-state index contributed by atoms with van der Waals surface area (Å²) in [6, 6.07) is 19.0. The number of anilines is 1. The van der Waals surface area contributed by atoms with Crippen LogP contribution in [-0.4, -0.2) is 28.3 Å². The lowest BCUT2D eigenvalue weighted by Gasteiger charge is -2.22. The first kappa shape index (κ1) is 24.2. The van der Waals surface area contributed by atoms with E-state index >= 15 is 0 Å². The first-order chi connectivity index (χ1) is 18.4. The fraction of sp³-hybridized carbons (Fsp3) is 0.143. The second-order valence-electron chi connectivity index (χ2n) is 8.80. The van der Waals surface area contributed by atoms with Crippen LogP contribution in [0.25, 0.3) is 11.0 Å². The molecular weight excluding hydrogens is 522 g/mol. The SMILES string of the molecule is COc1cc(C2c3c(oc4ccccc4c3=O)C(=O)N2c2nnc(SCc3ccc(C)cc3)s2)ccc1O. The third kappa shape index (κ3) is 4.11. The number of para-hydroxylation sites is 1. The lowest BCUT2D eigenvalue weighted by molar-refractivity contribution is 0.0970. The normalized spacial score (nSPS) is 14.7. The van der Waals surface area contributed by atoms with Crippen LogP contribution in [-0.2, 0) is 5.75 Å². The van der Waals surface area contributed by atoms with E-state index in [1.54, 1.807) is 36.4 Å². The number of amides is 1. The van der Waals surface area contributed by atoms with Crippen LogP contribution >= 0.6 is 23.1 Å². The molecule has 3 aromatic carbocycles. The second-order valence-corrected chi connectivity index (χ2v) is 11.0. The van der Waals surface area contributed by atoms with E-state index in [0.717, 1.165) is 5.56 Å². The zero-order valence-corrected chi connectivity index (χ0v) is 22.0. The summed E-state index contributed by atoms with van der Waals surface area (Å²) in [5.41, 5.74) is 3.16. The number of phenolic OH excluding ortho intramolecular Hbond substituents is 1. The van der Waals surface area contributed by atoms with E-state index in [1.165, 1.54) is 46.7 Å². The van der Waals surface area contributed by atoms with Gasteiger partial charge in [0.2, 0.25) is 10.9 Å². The van der Waals surface area contributed by atoms with Crippen molar-refractivity contribution >= 4 is 45.1 Å². The highest BCUT2D eigenvalue weighted by atomic mass is 32.2. The molecule has 0 bridgehead atoms. The van der Waals surface area contributed by atoms with Gasteiger partial charge in [-0.1, -0.05) is 71.1 Å². The molecule has 1 N–H and O–H groups in total. The van der Waals surface area contributed by atoms with Gasteiger partial charge in [0.1, 0.15) is 5.58 Å². The molecule has 6 rings (SSSR count). The summed E-state index contributed by atoms with van der Waals surface area (Å²) in [6.45, 7) is 2.04. The molecule has 1 aliphatic rings. The van der Waals surface area contributed by atoms with Crippen LogP contribution in [0.4, 0.5) is 5.13 Å². The van der Waals surface area contributed by atoms with E-state index < -0.39 is 11.9 Å². The smallest absolute Gasteiger partial charge is 0.297 e. The fourth-order valence-electron chi connectivity index (χ4n) is 4.48. The molecule has 10 heteroatoms. The Hall–Kier alpha value is -4.15. The van der Waals surface area contributed by atoms with Crippen LogP contribution in [0.1, 0.15) is 38.9 Å². The maximum Gasteiger partial charge on any atom is 0.297 e. The number of aryl methyl sites for hydroxylation is 1. The Morgan fingerprint density at radius 1 is 1.08 bits per heavy atom. The largest absolute Gasteiger partial charge is 0.504 e. The first-order valence-electron chi connectivity index (χ1n) is 11.7. The van der Waals surface area contributed by atoms with Crippen molar-refractivity contribution in [3.05, 3.63) is 105 Å². The van der Waals surface area contributed by atoms with Gasteiger partial charge in [0.25, 0.3) is 5.91 Å². The number of thioether (sulfide) groups is 1. The summed E-state index contributed by atoms with van der Waals surface area (Å²) in [7, 11) is 1.44. The standard InChI is InChI=1S/C28H21N3O5S2/c1-15-7-9-16(10-8-15)14-37-28-30-29-27(38-28)31-23(17-11-12-19(32)21(13-17)35-2)22-24(33)18-5-3-4-6-20(18)36-25(22)26(31)34/h3-13,23,32H,14H2,1-2H3. The number of carbonyl (C=O) groups is 1. The number of hydrogen-bond acceptors (Lipinski definition) is 9. The Balaban J connectivity index is 1.44. The van der Waals surface area contributed by atoms with Gasteiger partial charge in [-0.3, -0.25) is 14.5 Å². The minimum Gasteiger partial charge on any atom is -0.504 e. The summed E-state index contributed by atoms with van der Waals surface area (Å²) < 4.78 is 12.0. The number of ether oxygens (including phenoxy) is 1. The van der Waals surface area contributed by atoms with E-state index in [9.17, 15) is 14.7 Å². The zero-order chi connectivity index (χ0) is 26.4. The van der Waals surface area contributed by atoms with Gasteiger partial charge in [-0.05, 0) is 42.3 Å². The monoisotopic (exact) mass is 543 g/mol. The minimum atomic E-state index is -0.837. The van der Waals surface area contributed by atoms with E-state index in [0.29, 0.717) is 31.8 Å². The third-order valence-electron chi connectivity index (χ3n) is 6.38. The molecule has 0 saturated carbocycles. The van der Waals surface area contributed by atoms with Crippen molar-refractivity contribution in [2.45, 2.75) is 23.1 Å². The Morgan fingerprint density at radius 3 is 2.66 bits per heavy atom. The zero-order valence-electron chi connectivity index (χ0n) is 20.4. The van der Waals surface area contributed by atoms with E-state index in [4.69, 9.17) is 9.15 Å². The van der Waals surface area contributed by atoms with Crippen molar-refractivity contribution in [3.63, 3.8) is 0 Å². The highest BCUT2D eigenvalue weighted by Gasteiger charge is 2.45. The molecule has 1 unspecified atom stereocenters. The molecule has 0 fully saturated rings. The molecule has 3 heterocycles. The number of aromatic nitrogens is 2. The molecule has 0 spiro atoms. The summed E-state index contributed by atoms with van der Waals surface area (Å²) in [6.07, 6.45) is 0. The quantitative estimate of drug-likeness (QED) is 0.214. The van der Waals surface area contributed by atoms with Crippen LogP contribution in [0.5, 0.6) is 11.5 Å². The molecule has 38 heavy (non-hydrogen) atoms. The van der Waals surface area contributed by atoms with Crippen LogP contribution in [0, 0.1) is 6.92 Å². The van der Waals surface area contributed by atoms with E-state index in [-0.39, 0.29) is 28.3 Å².